The monoisotopic (exact) mass is 380 g/mol. The molecule has 0 aliphatic carbocycles. The molecule has 1 unspecified atom stereocenters. The van der Waals surface area contributed by atoms with Crippen molar-refractivity contribution in [2.24, 2.45) is 5.92 Å². The minimum atomic E-state index is -3.65. The van der Waals surface area contributed by atoms with Gasteiger partial charge in [-0.3, -0.25) is 10.1 Å². The van der Waals surface area contributed by atoms with Gasteiger partial charge in [0.25, 0.3) is 15.9 Å². The van der Waals surface area contributed by atoms with Crippen molar-refractivity contribution in [2.45, 2.75) is 31.0 Å². The third-order valence-electron chi connectivity index (χ3n) is 4.12. The van der Waals surface area contributed by atoms with Crippen LogP contribution in [0.1, 0.15) is 35.7 Å². The van der Waals surface area contributed by atoms with E-state index in [2.05, 4.69) is 15.5 Å². The van der Waals surface area contributed by atoms with E-state index in [-0.39, 0.29) is 15.4 Å². The smallest absolute Gasteiger partial charge is 0.272 e. The normalized spacial score (nSPS) is 18.9. The largest absolute Gasteiger partial charge is 0.296 e. The first-order valence-electron chi connectivity index (χ1n) is 8.08. The molecule has 1 aromatic heterocycles. The second-order valence-corrected chi connectivity index (χ2v) is 9.39. The molecule has 0 radical (unpaired) electrons. The number of carbonyl (C=O) groups is 1. The molecule has 1 fully saturated rings. The molecule has 25 heavy (non-hydrogen) atoms. The predicted octanol–water partition coefficient (Wildman–Crippen LogP) is 2.52. The van der Waals surface area contributed by atoms with Gasteiger partial charge >= 0.3 is 0 Å². The molecule has 3 rings (SSSR count). The molecule has 1 amide bonds. The summed E-state index contributed by atoms with van der Waals surface area (Å²) >= 11 is 0.877. The first kappa shape index (κ1) is 18.0. The molecular formula is C16H20N4O3S2. The van der Waals surface area contributed by atoms with Crippen LogP contribution in [0.15, 0.2) is 28.6 Å². The van der Waals surface area contributed by atoms with Crippen LogP contribution < -0.4 is 5.32 Å². The first-order valence-corrected chi connectivity index (χ1v) is 10.3. The van der Waals surface area contributed by atoms with Crippen molar-refractivity contribution in [3.63, 3.8) is 0 Å². The highest BCUT2D eigenvalue weighted by Crippen LogP contribution is 2.27. The molecule has 1 aliphatic heterocycles. The van der Waals surface area contributed by atoms with E-state index in [4.69, 9.17) is 0 Å². The van der Waals surface area contributed by atoms with E-state index in [9.17, 15) is 13.2 Å². The van der Waals surface area contributed by atoms with Crippen LogP contribution in [-0.2, 0) is 10.0 Å². The first-order chi connectivity index (χ1) is 11.9. The topological polar surface area (TPSA) is 92.3 Å². The van der Waals surface area contributed by atoms with Gasteiger partial charge in [-0.2, -0.15) is 4.31 Å². The number of nitrogens with one attached hydrogen (secondary N) is 1. The highest BCUT2D eigenvalue weighted by Gasteiger charge is 2.31. The predicted molar refractivity (Wildman–Crippen MR) is 96.2 cm³/mol. The van der Waals surface area contributed by atoms with Crippen LogP contribution in [-0.4, -0.2) is 41.9 Å². The van der Waals surface area contributed by atoms with Crippen LogP contribution >= 0.6 is 11.3 Å². The van der Waals surface area contributed by atoms with Gasteiger partial charge in [-0.05, 0) is 37.8 Å². The Morgan fingerprint density at radius 3 is 2.68 bits per heavy atom. The fourth-order valence-corrected chi connectivity index (χ4v) is 5.35. The third-order valence-corrected chi connectivity index (χ3v) is 7.17. The number of carbonyl (C=O) groups excluding carboxylic acids is 1. The molecule has 7 nitrogen and oxygen atoms in total. The Morgan fingerprint density at radius 1 is 1.28 bits per heavy atom. The molecule has 0 saturated carbocycles. The Bertz CT molecular complexity index is 862. The summed E-state index contributed by atoms with van der Waals surface area (Å²) < 4.78 is 26.7. The van der Waals surface area contributed by atoms with Gasteiger partial charge in [-0.15, -0.1) is 10.2 Å². The van der Waals surface area contributed by atoms with Crippen molar-refractivity contribution in [1.82, 2.24) is 14.5 Å². The minimum absolute atomic E-state index is 0.0826. The summed E-state index contributed by atoms with van der Waals surface area (Å²) in [5.41, 5.74) is 1.53. The van der Waals surface area contributed by atoms with Crippen molar-refractivity contribution in [2.75, 3.05) is 18.4 Å². The zero-order chi connectivity index (χ0) is 18.0. The maximum atomic E-state index is 12.7. The minimum Gasteiger partial charge on any atom is -0.296 e. The molecule has 134 valence electrons. The molecule has 1 atom stereocenters. The molecule has 1 aliphatic rings. The Morgan fingerprint density at radius 2 is 2.00 bits per heavy atom. The number of nitrogens with zero attached hydrogens (tertiary/aromatic N) is 3. The number of sulfonamides is 1. The number of rotatable bonds is 4. The van der Waals surface area contributed by atoms with Gasteiger partial charge in [0, 0.05) is 18.7 Å². The van der Waals surface area contributed by atoms with Crippen LogP contribution in [0.5, 0.6) is 0 Å². The zero-order valence-electron chi connectivity index (χ0n) is 14.1. The van der Waals surface area contributed by atoms with Crippen molar-refractivity contribution in [3.05, 3.63) is 35.4 Å². The van der Waals surface area contributed by atoms with Crippen LogP contribution in [0.4, 0.5) is 5.13 Å². The van der Waals surface area contributed by atoms with Gasteiger partial charge < -0.3 is 0 Å². The lowest BCUT2D eigenvalue weighted by Gasteiger charge is -2.28. The van der Waals surface area contributed by atoms with Crippen molar-refractivity contribution in [1.29, 1.82) is 0 Å². The van der Waals surface area contributed by atoms with Crippen LogP contribution in [0.25, 0.3) is 0 Å². The summed E-state index contributed by atoms with van der Waals surface area (Å²) in [7, 11) is -3.65. The zero-order valence-corrected chi connectivity index (χ0v) is 15.7. The summed E-state index contributed by atoms with van der Waals surface area (Å²) in [4.78, 5) is 12.2. The second-order valence-electron chi connectivity index (χ2n) is 6.30. The lowest BCUT2D eigenvalue weighted by molar-refractivity contribution is 0.102. The quantitative estimate of drug-likeness (QED) is 0.823. The van der Waals surface area contributed by atoms with Gasteiger partial charge in [0.1, 0.15) is 0 Å². The number of anilines is 1. The van der Waals surface area contributed by atoms with Crippen molar-refractivity contribution in [3.8, 4) is 0 Å². The van der Waals surface area contributed by atoms with E-state index in [0.29, 0.717) is 24.6 Å². The van der Waals surface area contributed by atoms with E-state index in [1.165, 1.54) is 4.31 Å². The molecule has 2 aromatic rings. The van der Waals surface area contributed by atoms with Gasteiger partial charge in [-0.1, -0.05) is 36.0 Å². The SMILES string of the molecule is Cc1ccc(C(=O)Nc2nnc(S(=O)(=O)N3CCCC(C)C3)s2)cc1. The van der Waals surface area contributed by atoms with Crippen LogP contribution in [0.2, 0.25) is 0 Å². The number of benzene rings is 1. The van der Waals surface area contributed by atoms with E-state index in [1.54, 1.807) is 12.1 Å². The molecule has 9 heteroatoms. The molecule has 0 bridgehead atoms. The summed E-state index contributed by atoms with van der Waals surface area (Å²) in [5.74, 6) is -0.0103. The molecule has 1 N–H and O–H groups in total. The van der Waals surface area contributed by atoms with Gasteiger partial charge in [0.15, 0.2) is 0 Å². The van der Waals surface area contributed by atoms with Gasteiger partial charge in [0.2, 0.25) is 9.47 Å². The lowest BCUT2D eigenvalue weighted by Crippen LogP contribution is -2.39. The third kappa shape index (κ3) is 4.05. The van der Waals surface area contributed by atoms with Crippen LogP contribution in [0.3, 0.4) is 0 Å². The average molecular weight is 380 g/mol. The standard InChI is InChI=1S/C16H20N4O3S2/c1-11-5-7-13(8-6-11)14(21)17-15-18-19-16(24-15)25(22,23)20-9-3-4-12(2)10-20/h5-8,12H,3-4,9-10H2,1-2H3,(H,17,18,21). The summed E-state index contributed by atoms with van der Waals surface area (Å²) in [6, 6.07) is 7.09. The fourth-order valence-electron chi connectivity index (χ4n) is 2.71. The van der Waals surface area contributed by atoms with E-state index < -0.39 is 10.0 Å². The number of hydrogen-bond acceptors (Lipinski definition) is 6. The van der Waals surface area contributed by atoms with Gasteiger partial charge in [-0.25, -0.2) is 8.42 Å². The Balaban J connectivity index is 1.73. The van der Waals surface area contributed by atoms with Crippen molar-refractivity contribution < 1.29 is 13.2 Å². The van der Waals surface area contributed by atoms with Gasteiger partial charge in [0.05, 0.1) is 0 Å². The number of amides is 1. The molecular weight excluding hydrogens is 360 g/mol. The maximum Gasteiger partial charge on any atom is 0.272 e. The number of hydrogen-bond donors (Lipinski definition) is 1. The van der Waals surface area contributed by atoms with E-state index in [0.717, 1.165) is 29.7 Å². The Kier molecular flexibility index (Phi) is 5.16. The van der Waals surface area contributed by atoms with Crippen LogP contribution in [0, 0.1) is 12.8 Å². The fraction of sp³-hybridized carbons (Fsp3) is 0.438. The summed E-state index contributed by atoms with van der Waals surface area (Å²) in [6.45, 7) is 4.96. The average Bonchev–Trinajstić information content (AvgIpc) is 3.04. The molecule has 0 spiro atoms. The summed E-state index contributed by atoms with van der Waals surface area (Å²) in [5, 5.41) is 10.4. The number of aryl methyl sites for hydroxylation is 1. The molecule has 1 saturated heterocycles. The second kappa shape index (κ2) is 7.19. The van der Waals surface area contributed by atoms with E-state index >= 15 is 0 Å². The molecule has 2 heterocycles. The molecule has 1 aromatic carbocycles. The van der Waals surface area contributed by atoms with Crippen molar-refractivity contribution >= 4 is 32.4 Å². The lowest BCUT2D eigenvalue weighted by atomic mass is 10.0. The highest BCUT2D eigenvalue weighted by molar-refractivity contribution is 7.91. The number of piperidine rings is 1. The highest BCUT2D eigenvalue weighted by atomic mass is 32.2. The number of aromatic nitrogens is 2. The Labute approximate surface area is 151 Å². The maximum absolute atomic E-state index is 12.7. The van der Waals surface area contributed by atoms with E-state index in [1.807, 2.05) is 26.0 Å². The summed E-state index contributed by atoms with van der Waals surface area (Å²) in [6.07, 6.45) is 1.87. The Hall–Kier alpha value is -1.84.